The van der Waals surface area contributed by atoms with Crippen molar-refractivity contribution >= 4 is 12.0 Å². The van der Waals surface area contributed by atoms with Gasteiger partial charge in [0.05, 0.1) is 19.1 Å². The van der Waals surface area contributed by atoms with Crippen LogP contribution in [-0.4, -0.2) is 53.8 Å². The fraction of sp³-hybridized carbons (Fsp3) is 0.867. The Bertz CT molecular complexity index is 388. The Labute approximate surface area is 125 Å². The Balaban J connectivity index is 1.84. The van der Waals surface area contributed by atoms with Crippen LogP contribution in [0, 0.1) is 11.8 Å². The molecule has 4 atom stereocenters. The number of nitrogens with one attached hydrogen (secondary N) is 1. The number of carbonyl (C=O) groups excluding carboxylic acids is 1. The molecule has 120 valence electrons. The van der Waals surface area contributed by atoms with E-state index < -0.39 is 12.1 Å². The molecule has 1 saturated carbocycles. The molecule has 0 radical (unpaired) electrons. The molecule has 1 aliphatic carbocycles. The number of carboxylic acids is 1. The van der Waals surface area contributed by atoms with Gasteiger partial charge in [-0.2, -0.15) is 0 Å². The fourth-order valence-corrected chi connectivity index (χ4v) is 3.50. The van der Waals surface area contributed by atoms with E-state index in [-0.39, 0.29) is 18.5 Å². The summed E-state index contributed by atoms with van der Waals surface area (Å²) in [5, 5.41) is 11.9. The summed E-state index contributed by atoms with van der Waals surface area (Å²) in [6, 6.07) is 0.158. The first-order valence-corrected chi connectivity index (χ1v) is 7.90. The van der Waals surface area contributed by atoms with Crippen molar-refractivity contribution in [3.8, 4) is 0 Å². The van der Waals surface area contributed by atoms with Crippen molar-refractivity contribution in [2.24, 2.45) is 11.8 Å². The van der Waals surface area contributed by atoms with Crippen molar-refractivity contribution < 1.29 is 19.4 Å². The van der Waals surface area contributed by atoms with Crippen molar-refractivity contribution in [3.63, 3.8) is 0 Å². The maximum Gasteiger partial charge on any atom is 0.317 e. The maximum atomic E-state index is 12.3. The second kappa shape index (κ2) is 7.11. The van der Waals surface area contributed by atoms with Crippen LogP contribution in [0.2, 0.25) is 0 Å². The molecule has 0 bridgehead atoms. The van der Waals surface area contributed by atoms with Gasteiger partial charge in [-0.05, 0) is 24.7 Å². The summed E-state index contributed by atoms with van der Waals surface area (Å²) in [6.07, 6.45) is 2.92. The lowest BCUT2D eigenvalue weighted by Crippen LogP contribution is -2.52. The Morgan fingerprint density at radius 1 is 1.38 bits per heavy atom. The molecule has 2 fully saturated rings. The molecule has 4 unspecified atom stereocenters. The molecule has 0 aromatic heterocycles. The second-order valence-corrected chi connectivity index (χ2v) is 6.20. The smallest absolute Gasteiger partial charge is 0.317 e. The minimum absolute atomic E-state index is 0.0540. The molecule has 0 aromatic rings. The van der Waals surface area contributed by atoms with Crippen LogP contribution >= 0.6 is 0 Å². The number of carbonyl (C=O) groups is 2. The molecule has 1 heterocycles. The molecule has 21 heavy (non-hydrogen) atoms. The fourth-order valence-electron chi connectivity index (χ4n) is 3.50. The summed E-state index contributed by atoms with van der Waals surface area (Å²) in [4.78, 5) is 24.8. The first kappa shape index (κ1) is 16.1. The lowest BCUT2D eigenvalue weighted by molar-refractivity contribution is -0.141. The number of hydrogen-bond acceptors (Lipinski definition) is 3. The summed E-state index contributed by atoms with van der Waals surface area (Å²) in [7, 11) is 0. The van der Waals surface area contributed by atoms with Crippen molar-refractivity contribution in [3.05, 3.63) is 0 Å². The molecular weight excluding hydrogens is 272 g/mol. The highest BCUT2D eigenvalue weighted by atomic mass is 16.5. The highest BCUT2D eigenvalue weighted by molar-refractivity contribution is 5.75. The highest BCUT2D eigenvalue weighted by Gasteiger charge is 2.34. The standard InChI is InChI=1S/C15H26N2O4/c1-3-11-4-5-13(10(11)2)16-15(20)17-6-7-21-12(9-17)8-14(18)19/h10-13H,3-9H2,1-2H3,(H,16,20)(H,18,19). The van der Waals surface area contributed by atoms with Gasteiger partial charge in [-0.1, -0.05) is 20.3 Å². The average molecular weight is 298 g/mol. The normalized spacial score (nSPS) is 33.0. The van der Waals surface area contributed by atoms with E-state index in [1.807, 2.05) is 0 Å². The Morgan fingerprint density at radius 2 is 2.14 bits per heavy atom. The topological polar surface area (TPSA) is 78.9 Å². The summed E-state index contributed by atoms with van der Waals surface area (Å²) < 4.78 is 5.39. The molecule has 0 spiro atoms. The SMILES string of the molecule is CCC1CCC(NC(=O)N2CCOC(CC(=O)O)C2)C1C. The number of rotatable bonds is 4. The molecule has 1 aliphatic heterocycles. The van der Waals surface area contributed by atoms with Gasteiger partial charge in [0.1, 0.15) is 0 Å². The highest BCUT2D eigenvalue weighted by Crippen LogP contribution is 2.33. The monoisotopic (exact) mass is 298 g/mol. The van der Waals surface area contributed by atoms with Gasteiger partial charge in [-0.15, -0.1) is 0 Å². The van der Waals surface area contributed by atoms with Gasteiger partial charge >= 0.3 is 12.0 Å². The number of hydrogen-bond donors (Lipinski definition) is 2. The number of nitrogens with zero attached hydrogens (tertiary/aromatic N) is 1. The van der Waals surface area contributed by atoms with Crippen molar-refractivity contribution in [1.29, 1.82) is 0 Å². The Hall–Kier alpha value is -1.30. The quantitative estimate of drug-likeness (QED) is 0.828. The first-order valence-electron chi connectivity index (χ1n) is 7.90. The van der Waals surface area contributed by atoms with E-state index >= 15 is 0 Å². The number of urea groups is 1. The van der Waals surface area contributed by atoms with Crippen LogP contribution in [0.4, 0.5) is 4.79 Å². The van der Waals surface area contributed by atoms with Gasteiger partial charge in [0.25, 0.3) is 0 Å². The summed E-state index contributed by atoms with van der Waals surface area (Å²) in [5.74, 6) is 0.312. The molecule has 2 rings (SSSR count). The zero-order valence-electron chi connectivity index (χ0n) is 12.9. The number of morpholine rings is 1. The van der Waals surface area contributed by atoms with E-state index in [0.29, 0.717) is 31.5 Å². The number of ether oxygens (including phenoxy) is 1. The molecule has 0 aromatic carbocycles. The van der Waals surface area contributed by atoms with Gasteiger partial charge in [0.2, 0.25) is 0 Å². The third kappa shape index (κ3) is 4.09. The van der Waals surface area contributed by atoms with Crippen LogP contribution in [0.5, 0.6) is 0 Å². The molecular formula is C15H26N2O4. The number of amides is 2. The van der Waals surface area contributed by atoms with E-state index in [1.165, 1.54) is 6.42 Å². The zero-order chi connectivity index (χ0) is 15.4. The Morgan fingerprint density at radius 3 is 2.76 bits per heavy atom. The van der Waals surface area contributed by atoms with Gasteiger partial charge < -0.3 is 20.1 Å². The van der Waals surface area contributed by atoms with Gasteiger partial charge in [0.15, 0.2) is 0 Å². The van der Waals surface area contributed by atoms with Crippen molar-refractivity contribution in [2.45, 2.75) is 51.7 Å². The largest absolute Gasteiger partial charge is 0.481 e. The third-order valence-electron chi connectivity index (χ3n) is 4.89. The van der Waals surface area contributed by atoms with E-state index in [4.69, 9.17) is 9.84 Å². The number of carboxylic acid groups (broad SMARTS) is 1. The molecule has 6 heteroatoms. The molecule has 6 nitrogen and oxygen atoms in total. The van der Waals surface area contributed by atoms with Crippen LogP contribution in [0.15, 0.2) is 0 Å². The average Bonchev–Trinajstić information content (AvgIpc) is 2.79. The van der Waals surface area contributed by atoms with Crippen LogP contribution in [0.25, 0.3) is 0 Å². The van der Waals surface area contributed by atoms with E-state index in [9.17, 15) is 9.59 Å². The lowest BCUT2D eigenvalue weighted by Gasteiger charge is -2.33. The van der Waals surface area contributed by atoms with Crippen LogP contribution in [0.1, 0.15) is 39.5 Å². The van der Waals surface area contributed by atoms with Crippen molar-refractivity contribution in [2.75, 3.05) is 19.7 Å². The van der Waals surface area contributed by atoms with E-state index in [2.05, 4.69) is 19.2 Å². The minimum atomic E-state index is -0.891. The molecule has 1 saturated heterocycles. The zero-order valence-corrected chi connectivity index (χ0v) is 12.9. The number of aliphatic carboxylic acids is 1. The van der Waals surface area contributed by atoms with Crippen molar-refractivity contribution in [1.82, 2.24) is 10.2 Å². The van der Waals surface area contributed by atoms with Crippen LogP contribution in [0.3, 0.4) is 0 Å². The first-order chi connectivity index (χ1) is 10.0. The predicted molar refractivity (Wildman–Crippen MR) is 78.1 cm³/mol. The predicted octanol–water partition coefficient (Wildman–Crippen LogP) is 1.70. The maximum absolute atomic E-state index is 12.3. The summed E-state index contributed by atoms with van der Waals surface area (Å²) in [6.45, 7) is 5.70. The van der Waals surface area contributed by atoms with Gasteiger partial charge in [0, 0.05) is 19.1 Å². The van der Waals surface area contributed by atoms with Crippen LogP contribution < -0.4 is 5.32 Å². The molecule has 2 amide bonds. The van der Waals surface area contributed by atoms with E-state index in [1.54, 1.807) is 4.90 Å². The van der Waals surface area contributed by atoms with Gasteiger partial charge in [-0.25, -0.2) is 4.79 Å². The molecule has 2 aliphatic rings. The summed E-state index contributed by atoms with van der Waals surface area (Å²) in [5.41, 5.74) is 0. The lowest BCUT2D eigenvalue weighted by atomic mass is 9.93. The molecule has 2 N–H and O–H groups in total. The van der Waals surface area contributed by atoms with E-state index in [0.717, 1.165) is 12.8 Å². The summed E-state index contributed by atoms with van der Waals surface area (Å²) >= 11 is 0. The van der Waals surface area contributed by atoms with Crippen LogP contribution in [-0.2, 0) is 9.53 Å². The minimum Gasteiger partial charge on any atom is -0.481 e. The van der Waals surface area contributed by atoms with Gasteiger partial charge in [-0.3, -0.25) is 4.79 Å². The Kier molecular flexibility index (Phi) is 5.45. The second-order valence-electron chi connectivity index (χ2n) is 6.20. The third-order valence-corrected chi connectivity index (χ3v) is 4.89.